The zero-order chi connectivity index (χ0) is 28.0. The first kappa shape index (κ1) is 28.9. The summed E-state index contributed by atoms with van der Waals surface area (Å²) in [6, 6.07) is 16.7. The van der Waals surface area contributed by atoms with Crippen LogP contribution in [0, 0.1) is 6.92 Å². The van der Waals surface area contributed by atoms with E-state index in [-0.39, 0.29) is 11.5 Å². The molecule has 0 bridgehead atoms. The Morgan fingerprint density at radius 1 is 0.974 bits per heavy atom. The van der Waals surface area contributed by atoms with Gasteiger partial charge in [-0.1, -0.05) is 36.4 Å². The second-order valence-corrected chi connectivity index (χ2v) is 12.1. The Balaban J connectivity index is 0.000000187. The number of nitrogens with zero attached hydrogens (tertiary/aromatic N) is 4. The van der Waals surface area contributed by atoms with Crippen LogP contribution in [-0.2, 0) is 19.4 Å². The monoisotopic (exact) mass is 661 g/mol. The first-order chi connectivity index (χ1) is 18.7. The number of aromatic amines is 1. The molecule has 3 heterocycles. The molecule has 2 aromatic heterocycles. The maximum Gasteiger partial charge on any atom is 0.274 e. The van der Waals surface area contributed by atoms with E-state index in [9.17, 15) is 9.59 Å². The number of anilines is 2. The maximum atomic E-state index is 12.4. The molecule has 2 aromatic carbocycles. The van der Waals surface area contributed by atoms with Crippen molar-refractivity contribution in [2.45, 2.75) is 16.8 Å². The summed E-state index contributed by atoms with van der Waals surface area (Å²) in [6.07, 6.45) is 0. The van der Waals surface area contributed by atoms with Crippen LogP contribution < -0.4 is 16.3 Å². The molecule has 0 saturated heterocycles. The number of carbonyl (C=O) groups is 1. The average Bonchev–Trinajstić information content (AvgIpc) is 3.35. The summed E-state index contributed by atoms with van der Waals surface area (Å²) >= 11 is 7.04. The van der Waals surface area contributed by atoms with Gasteiger partial charge in [-0.15, -0.1) is 0 Å². The molecule has 11 nitrogen and oxygen atoms in total. The number of hydrazine groups is 1. The molecule has 5 rings (SSSR count). The van der Waals surface area contributed by atoms with Crippen LogP contribution in [-0.4, -0.2) is 64.9 Å². The van der Waals surface area contributed by atoms with Gasteiger partial charge in [0.25, 0.3) is 11.5 Å². The standard InChI is InChI=1S/C15H17N5O2.C11H12Br2N2O2/c1-10-9-13(18-17-10)16-14-11-5-3-4-6-12(11)15(21)20(19-14)7-8-22-2;1-17-7-6-15-10(16)8-4-2-3-5-9(8)11(12,13)14-15/h3-6,9H,7-8H2,1-2H3,(H2,16,17,18,19);2-5,14H,6-7H2,1H3. The van der Waals surface area contributed by atoms with E-state index >= 15 is 0 Å². The van der Waals surface area contributed by atoms with Gasteiger partial charge in [0.15, 0.2) is 15.0 Å². The Bertz CT molecular complexity index is 1510. The Labute approximate surface area is 242 Å². The smallest absolute Gasteiger partial charge is 0.274 e. The van der Waals surface area contributed by atoms with E-state index < -0.39 is 3.36 Å². The topological polar surface area (TPSA) is 126 Å². The Hall–Kier alpha value is -3.10. The van der Waals surface area contributed by atoms with Crippen LogP contribution in [0.5, 0.6) is 0 Å². The minimum Gasteiger partial charge on any atom is -0.383 e. The summed E-state index contributed by atoms with van der Waals surface area (Å²) in [7, 11) is 3.20. The minimum atomic E-state index is -0.613. The maximum absolute atomic E-state index is 12.4. The van der Waals surface area contributed by atoms with Gasteiger partial charge in [0, 0.05) is 42.5 Å². The van der Waals surface area contributed by atoms with Crippen LogP contribution >= 0.6 is 31.9 Å². The van der Waals surface area contributed by atoms with E-state index in [0.717, 1.165) is 16.6 Å². The first-order valence-electron chi connectivity index (χ1n) is 12.1. The molecule has 13 heteroatoms. The van der Waals surface area contributed by atoms with Crippen molar-refractivity contribution in [1.29, 1.82) is 0 Å². The number of fused-ring (bicyclic) bond motifs is 2. The molecular weight excluding hydrogens is 634 g/mol. The number of aromatic nitrogens is 4. The van der Waals surface area contributed by atoms with Crippen LogP contribution in [0.3, 0.4) is 0 Å². The zero-order valence-corrected chi connectivity index (χ0v) is 24.9. The van der Waals surface area contributed by atoms with E-state index in [2.05, 4.69) is 57.9 Å². The Morgan fingerprint density at radius 2 is 1.64 bits per heavy atom. The van der Waals surface area contributed by atoms with Crippen molar-refractivity contribution in [1.82, 2.24) is 30.4 Å². The Kier molecular flexibility index (Phi) is 9.51. The third kappa shape index (κ3) is 6.73. The number of H-pyrrole nitrogens is 1. The largest absolute Gasteiger partial charge is 0.383 e. The number of rotatable bonds is 8. The number of aryl methyl sites for hydroxylation is 1. The van der Waals surface area contributed by atoms with Crippen molar-refractivity contribution in [3.63, 3.8) is 0 Å². The molecule has 0 aliphatic carbocycles. The predicted molar refractivity (Wildman–Crippen MR) is 157 cm³/mol. The summed E-state index contributed by atoms with van der Waals surface area (Å²) in [5.41, 5.74) is 5.44. The normalized spacial score (nSPS) is 14.1. The fraction of sp³-hybridized carbons (Fsp3) is 0.308. The number of carbonyl (C=O) groups excluding carboxylic acids is 1. The molecule has 1 amide bonds. The van der Waals surface area contributed by atoms with Crippen LogP contribution in [0.25, 0.3) is 10.8 Å². The highest BCUT2D eigenvalue weighted by Crippen LogP contribution is 2.40. The number of ether oxygens (including phenoxy) is 2. The minimum absolute atomic E-state index is 0.0489. The van der Waals surface area contributed by atoms with Crippen LogP contribution in [0.4, 0.5) is 11.6 Å². The van der Waals surface area contributed by atoms with Gasteiger partial charge < -0.3 is 14.8 Å². The quantitative estimate of drug-likeness (QED) is 0.191. The molecule has 4 aromatic rings. The number of methoxy groups -OCH3 is 2. The van der Waals surface area contributed by atoms with Gasteiger partial charge in [-0.2, -0.15) is 10.2 Å². The molecule has 206 valence electrons. The molecule has 3 N–H and O–H groups in total. The van der Waals surface area contributed by atoms with Crippen molar-refractivity contribution in [3.05, 3.63) is 81.8 Å². The number of hydrogen-bond donors (Lipinski definition) is 3. The second-order valence-electron chi connectivity index (χ2n) is 8.66. The number of hydrogen-bond acceptors (Lipinski definition) is 8. The van der Waals surface area contributed by atoms with Gasteiger partial charge in [-0.05, 0) is 50.9 Å². The first-order valence-corrected chi connectivity index (χ1v) is 13.7. The molecule has 39 heavy (non-hydrogen) atoms. The predicted octanol–water partition coefficient (Wildman–Crippen LogP) is 4.01. The van der Waals surface area contributed by atoms with Gasteiger partial charge in [0.2, 0.25) is 0 Å². The van der Waals surface area contributed by atoms with Crippen molar-refractivity contribution in [3.8, 4) is 0 Å². The van der Waals surface area contributed by atoms with Gasteiger partial charge in [0.1, 0.15) is 0 Å². The fourth-order valence-corrected chi connectivity index (χ4v) is 5.09. The summed E-state index contributed by atoms with van der Waals surface area (Å²) < 4.78 is 10.8. The summed E-state index contributed by atoms with van der Waals surface area (Å²) in [5, 5.41) is 17.5. The lowest BCUT2D eigenvalue weighted by Crippen LogP contribution is -2.54. The third-order valence-corrected chi connectivity index (χ3v) is 7.07. The van der Waals surface area contributed by atoms with Gasteiger partial charge in [-0.25, -0.2) is 10.1 Å². The zero-order valence-electron chi connectivity index (χ0n) is 21.7. The summed E-state index contributed by atoms with van der Waals surface area (Å²) in [6.45, 7) is 3.71. The lowest BCUT2D eigenvalue weighted by molar-refractivity contribution is 0.0524. The van der Waals surface area contributed by atoms with Gasteiger partial charge >= 0.3 is 0 Å². The van der Waals surface area contributed by atoms with E-state index in [1.807, 2.05) is 55.5 Å². The molecule has 0 saturated carbocycles. The SMILES string of the molecule is COCCN1NC(Br)(Br)c2ccccc2C1=O.COCCn1nc(Nc2cc(C)[nH]n2)c2ccccc2c1=O. The van der Waals surface area contributed by atoms with Crippen molar-refractivity contribution >= 4 is 60.2 Å². The molecule has 0 spiro atoms. The molecule has 1 aliphatic heterocycles. The lowest BCUT2D eigenvalue weighted by atomic mass is 10.1. The van der Waals surface area contributed by atoms with Crippen LogP contribution in [0.15, 0.2) is 59.4 Å². The van der Waals surface area contributed by atoms with Crippen molar-refractivity contribution in [2.24, 2.45) is 0 Å². The van der Waals surface area contributed by atoms with Gasteiger partial charge in [0.05, 0.1) is 31.7 Å². The van der Waals surface area contributed by atoms with E-state index in [0.29, 0.717) is 48.9 Å². The number of alkyl halides is 2. The van der Waals surface area contributed by atoms with E-state index in [1.54, 1.807) is 20.3 Å². The van der Waals surface area contributed by atoms with Gasteiger partial charge in [-0.3, -0.25) is 19.7 Å². The van der Waals surface area contributed by atoms with E-state index in [1.165, 1.54) is 9.69 Å². The molecular formula is C26H29Br2N7O4. The summed E-state index contributed by atoms with van der Waals surface area (Å²) in [4.78, 5) is 24.6. The molecule has 1 aliphatic rings. The third-order valence-electron chi connectivity index (χ3n) is 5.86. The number of benzene rings is 2. The van der Waals surface area contributed by atoms with Crippen molar-refractivity contribution in [2.75, 3.05) is 39.3 Å². The lowest BCUT2D eigenvalue weighted by Gasteiger charge is -2.37. The van der Waals surface area contributed by atoms with Crippen LogP contribution in [0.1, 0.15) is 21.6 Å². The Morgan fingerprint density at radius 3 is 2.33 bits per heavy atom. The molecule has 0 unspecified atom stereocenters. The van der Waals surface area contributed by atoms with E-state index in [4.69, 9.17) is 9.47 Å². The average molecular weight is 663 g/mol. The highest BCUT2D eigenvalue weighted by Gasteiger charge is 2.38. The second kappa shape index (κ2) is 12.8. The number of halogens is 2. The highest BCUT2D eigenvalue weighted by atomic mass is 79.9. The summed E-state index contributed by atoms with van der Waals surface area (Å²) in [5.74, 6) is 1.21. The molecule has 0 atom stereocenters. The molecule has 0 radical (unpaired) electrons. The molecule has 0 fully saturated rings. The van der Waals surface area contributed by atoms with Crippen molar-refractivity contribution < 1.29 is 14.3 Å². The number of amides is 1. The fourth-order valence-electron chi connectivity index (χ4n) is 3.97. The number of nitrogens with one attached hydrogen (secondary N) is 3. The van der Waals surface area contributed by atoms with Crippen LogP contribution in [0.2, 0.25) is 0 Å². The highest BCUT2D eigenvalue weighted by molar-refractivity contribution is 9.24.